The SMILES string of the molecule is C/C=c1/c(-c2ccc(C#N)nc2)cc(C)n/c1=C(/C)OCc1ccc(OC(C)C)cc1.CC. The van der Waals surface area contributed by atoms with Gasteiger partial charge in [0.15, 0.2) is 0 Å². The van der Waals surface area contributed by atoms with Gasteiger partial charge in [-0.05, 0) is 76.1 Å². The zero-order valence-electron chi connectivity index (χ0n) is 20.6. The first-order valence-electron chi connectivity index (χ1n) is 11.3. The predicted octanol–water partition coefficient (Wildman–Crippen LogP) is 5.28. The molecule has 0 aliphatic heterocycles. The fourth-order valence-electron chi connectivity index (χ4n) is 3.30. The van der Waals surface area contributed by atoms with Crippen LogP contribution in [0, 0.1) is 18.3 Å². The molecule has 0 saturated heterocycles. The number of hydrogen-bond donors (Lipinski definition) is 0. The number of benzene rings is 1. The molecule has 1 aromatic carbocycles. The molecular weight excluding hydrogens is 410 g/mol. The minimum Gasteiger partial charge on any atom is -0.491 e. The molecule has 3 aromatic rings. The summed E-state index contributed by atoms with van der Waals surface area (Å²) in [4.78, 5) is 8.95. The van der Waals surface area contributed by atoms with Crippen LogP contribution >= 0.6 is 0 Å². The molecule has 172 valence electrons. The van der Waals surface area contributed by atoms with Crippen molar-refractivity contribution in [1.82, 2.24) is 9.97 Å². The zero-order valence-corrected chi connectivity index (χ0v) is 20.6. The van der Waals surface area contributed by atoms with Crippen LogP contribution in [0.3, 0.4) is 0 Å². The van der Waals surface area contributed by atoms with Gasteiger partial charge >= 0.3 is 0 Å². The van der Waals surface area contributed by atoms with E-state index in [1.165, 1.54) is 0 Å². The van der Waals surface area contributed by atoms with Crippen molar-refractivity contribution in [3.05, 3.63) is 76.2 Å². The molecule has 0 aliphatic rings. The first-order chi connectivity index (χ1) is 15.9. The summed E-state index contributed by atoms with van der Waals surface area (Å²) < 4.78 is 11.8. The lowest BCUT2D eigenvalue weighted by atomic mass is 10.0. The van der Waals surface area contributed by atoms with E-state index in [0.717, 1.165) is 44.5 Å². The maximum Gasteiger partial charge on any atom is 0.140 e. The summed E-state index contributed by atoms with van der Waals surface area (Å²) >= 11 is 0. The average Bonchev–Trinajstić information content (AvgIpc) is 2.83. The molecule has 0 unspecified atom stereocenters. The monoisotopic (exact) mass is 443 g/mol. The minimum atomic E-state index is 0.147. The van der Waals surface area contributed by atoms with Crippen molar-refractivity contribution in [3.8, 4) is 22.9 Å². The highest BCUT2D eigenvalue weighted by Crippen LogP contribution is 2.16. The highest BCUT2D eigenvalue weighted by Gasteiger charge is 2.07. The number of rotatable bonds is 6. The number of ether oxygens (including phenoxy) is 2. The van der Waals surface area contributed by atoms with E-state index in [1.807, 2.05) is 90.9 Å². The molecule has 3 rings (SSSR count). The lowest BCUT2D eigenvalue weighted by molar-refractivity contribution is 0.241. The topological polar surface area (TPSA) is 68.0 Å². The van der Waals surface area contributed by atoms with Gasteiger partial charge in [0, 0.05) is 22.7 Å². The largest absolute Gasteiger partial charge is 0.491 e. The second kappa shape index (κ2) is 12.4. The van der Waals surface area contributed by atoms with E-state index >= 15 is 0 Å². The molecule has 0 amide bonds. The molecule has 0 aliphatic carbocycles. The Labute approximate surface area is 197 Å². The fraction of sp³-hybridized carbons (Fsp3) is 0.321. The fourth-order valence-corrected chi connectivity index (χ4v) is 3.30. The van der Waals surface area contributed by atoms with Crippen molar-refractivity contribution in [2.24, 2.45) is 0 Å². The van der Waals surface area contributed by atoms with Gasteiger partial charge in [0.25, 0.3) is 0 Å². The van der Waals surface area contributed by atoms with Gasteiger partial charge in [-0.1, -0.05) is 32.1 Å². The number of aromatic nitrogens is 2. The Morgan fingerprint density at radius 3 is 2.36 bits per heavy atom. The quantitative estimate of drug-likeness (QED) is 0.518. The average molecular weight is 444 g/mol. The Morgan fingerprint density at radius 2 is 1.82 bits per heavy atom. The zero-order chi connectivity index (χ0) is 24.4. The smallest absolute Gasteiger partial charge is 0.140 e. The summed E-state index contributed by atoms with van der Waals surface area (Å²) in [5.74, 6) is 1.60. The van der Waals surface area contributed by atoms with E-state index in [4.69, 9.17) is 19.7 Å². The summed E-state index contributed by atoms with van der Waals surface area (Å²) in [6.45, 7) is 14.3. The van der Waals surface area contributed by atoms with Gasteiger partial charge in [0.05, 0.1) is 6.10 Å². The van der Waals surface area contributed by atoms with Gasteiger partial charge in [-0.2, -0.15) is 5.26 Å². The number of pyridine rings is 2. The van der Waals surface area contributed by atoms with E-state index in [9.17, 15) is 0 Å². The summed E-state index contributed by atoms with van der Waals surface area (Å²) in [7, 11) is 0. The van der Waals surface area contributed by atoms with Gasteiger partial charge in [0.1, 0.15) is 35.2 Å². The maximum atomic E-state index is 9.01. The molecule has 2 heterocycles. The Morgan fingerprint density at radius 1 is 1.12 bits per heavy atom. The third-order valence-corrected chi connectivity index (χ3v) is 4.75. The number of aryl methyl sites for hydroxylation is 1. The summed E-state index contributed by atoms with van der Waals surface area (Å²) in [6, 6.07) is 15.7. The molecule has 0 fully saturated rings. The Balaban J connectivity index is 0.00000187. The maximum absolute atomic E-state index is 9.01. The minimum absolute atomic E-state index is 0.147. The van der Waals surface area contributed by atoms with Crippen LogP contribution in [0.2, 0.25) is 0 Å². The van der Waals surface area contributed by atoms with Crippen LogP contribution in [0.1, 0.15) is 58.5 Å². The van der Waals surface area contributed by atoms with Crippen molar-refractivity contribution < 1.29 is 9.47 Å². The Bertz CT molecular complexity index is 1210. The van der Waals surface area contributed by atoms with E-state index < -0.39 is 0 Å². The highest BCUT2D eigenvalue weighted by molar-refractivity contribution is 5.65. The van der Waals surface area contributed by atoms with Gasteiger partial charge in [0.2, 0.25) is 0 Å². The summed E-state index contributed by atoms with van der Waals surface area (Å²) in [6.07, 6.45) is 3.90. The van der Waals surface area contributed by atoms with Crippen LogP contribution in [0.25, 0.3) is 23.0 Å². The molecule has 0 radical (unpaired) electrons. The van der Waals surface area contributed by atoms with Gasteiger partial charge in [-0.15, -0.1) is 0 Å². The van der Waals surface area contributed by atoms with Crippen LogP contribution in [0.4, 0.5) is 0 Å². The number of nitriles is 1. The van der Waals surface area contributed by atoms with E-state index in [0.29, 0.717) is 12.3 Å². The molecule has 33 heavy (non-hydrogen) atoms. The van der Waals surface area contributed by atoms with Crippen molar-refractivity contribution in [2.75, 3.05) is 0 Å². The molecule has 0 atom stereocenters. The van der Waals surface area contributed by atoms with Crippen molar-refractivity contribution in [3.63, 3.8) is 0 Å². The van der Waals surface area contributed by atoms with Crippen LogP contribution < -0.4 is 15.3 Å². The van der Waals surface area contributed by atoms with Crippen LogP contribution in [0.5, 0.6) is 5.75 Å². The normalized spacial score (nSPS) is 11.9. The second-order valence-electron chi connectivity index (χ2n) is 7.56. The molecule has 0 bridgehead atoms. The Hall–Kier alpha value is -3.65. The Kier molecular flexibility index (Phi) is 9.62. The lowest BCUT2D eigenvalue weighted by Gasteiger charge is -2.11. The predicted molar refractivity (Wildman–Crippen MR) is 134 cm³/mol. The molecular formula is C28H33N3O2. The summed E-state index contributed by atoms with van der Waals surface area (Å²) in [5.41, 5.74) is 4.29. The van der Waals surface area contributed by atoms with Crippen LogP contribution in [-0.4, -0.2) is 16.1 Å². The molecule has 2 aromatic heterocycles. The first-order valence-corrected chi connectivity index (χ1v) is 11.3. The van der Waals surface area contributed by atoms with Gasteiger partial charge in [-0.25, -0.2) is 9.97 Å². The third kappa shape index (κ3) is 6.92. The van der Waals surface area contributed by atoms with E-state index in [-0.39, 0.29) is 6.10 Å². The first kappa shape index (κ1) is 25.6. The molecule has 5 nitrogen and oxygen atoms in total. The molecule has 0 N–H and O–H groups in total. The molecule has 5 heteroatoms. The van der Waals surface area contributed by atoms with Gasteiger partial charge < -0.3 is 9.47 Å². The van der Waals surface area contributed by atoms with Crippen LogP contribution in [0.15, 0.2) is 48.7 Å². The van der Waals surface area contributed by atoms with E-state index in [1.54, 1.807) is 12.3 Å². The molecule has 0 spiro atoms. The highest BCUT2D eigenvalue weighted by atomic mass is 16.5. The third-order valence-electron chi connectivity index (χ3n) is 4.75. The van der Waals surface area contributed by atoms with Crippen molar-refractivity contribution in [2.45, 2.75) is 61.2 Å². The van der Waals surface area contributed by atoms with Gasteiger partial charge in [-0.3, -0.25) is 0 Å². The van der Waals surface area contributed by atoms with Crippen LogP contribution in [-0.2, 0) is 11.3 Å². The number of nitrogens with zero attached hydrogens (tertiary/aromatic N) is 3. The molecule has 0 saturated carbocycles. The lowest BCUT2D eigenvalue weighted by Crippen LogP contribution is -2.33. The van der Waals surface area contributed by atoms with E-state index in [2.05, 4.69) is 11.1 Å². The van der Waals surface area contributed by atoms with Crippen molar-refractivity contribution in [1.29, 1.82) is 5.26 Å². The number of hydrogen-bond acceptors (Lipinski definition) is 5. The standard InChI is InChI=1S/C26H27N3O2.C2H6/c1-6-24-25(21-9-10-22(14-27)28-15-21)13-18(4)29-26(24)19(5)30-16-20-7-11-23(12-8-20)31-17(2)3;1-2/h6-13,15,17H,16H2,1-5H3;1-2H3/b24-6-,26-19-;. The van der Waals surface area contributed by atoms with Crippen molar-refractivity contribution >= 4 is 11.8 Å². The second-order valence-corrected chi connectivity index (χ2v) is 7.56. The summed E-state index contributed by atoms with van der Waals surface area (Å²) in [5, 5.41) is 10.8.